The number of aromatic nitrogens is 2. The maximum atomic E-state index is 6.23. The van der Waals surface area contributed by atoms with Crippen molar-refractivity contribution in [1.29, 1.82) is 0 Å². The first-order valence-electron chi connectivity index (χ1n) is 8.04. The molecule has 1 heterocycles. The van der Waals surface area contributed by atoms with Crippen molar-refractivity contribution in [2.24, 2.45) is 5.92 Å². The molecule has 0 spiro atoms. The van der Waals surface area contributed by atoms with E-state index in [1.807, 2.05) is 0 Å². The largest absolute Gasteiger partial charge is 0.369 e. The number of rotatable bonds is 5. The van der Waals surface area contributed by atoms with Crippen molar-refractivity contribution >= 4 is 5.95 Å². The van der Waals surface area contributed by atoms with Crippen LogP contribution in [0.5, 0.6) is 0 Å². The molecule has 0 unspecified atom stereocenters. The summed E-state index contributed by atoms with van der Waals surface area (Å²) in [6, 6.07) is 11.1. The molecular weight excluding hydrogens is 258 g/mol. The van der Waals surface area contributed by atoms with Crippen LogP contribution in [-0.4, -0.2) is 9.55 Å². The van der Waals surface area contributed by atoms with Gasteiger partial charge in [0, 0.05) is 18.2 Å². The van der Waals surface area contributed by atoms with Crippen LogP contribution in [-0.2, 0) is 12.8 Å². The van der Waals surface area contributed by atoms with Crippen LogP contribution in [0.2, 0.25) is 0 Å². The third-order valence-electron chi connectivity index (χ3n) is 4.38. The van der Waals surface area contributed by atoms with E-state index in [1.54, 1.807) is 0 Å². The number of nitrogen functional groups attached to an aromatic ring is 1. The van der Waals surface area contributed by atoms with E-state index >= 15 is 0 Å². The lowest BCUT2D eigenvalue weighted by molar-refractivity contribution is 0.308. The Bertz CT molecular complexity index is 594. The maximum absolute atomic E-state index is 6.23. The Morgan fingerprint density at radius 1 is 1.24 bits per heavy atom. The highest BCUT2D eigenvalue weighted by molar-refractivity contribution is 5.34. The van der Waals surface area contributed by atoms with Gasteiger partial charge in [-0.15, -0.1) is 0 Å². The van der Waals surface area contributed by atoms with Gasteiger partial charge < -0.3 is 10.3 Å². The SMILES string of the molecule is CC(C)Cc1c(Cc2ccccc2)nc(N)n1C1CCC1. The number of hydrogen-bond acceptors (Lipinski definition) is 2. The first-order chi connectivity index (χ1) is 10.1. The monoisotopic (exact) mass is 283 g/mol. The molecular formula is C18H25N3. The Labute approximate surface area is 127 Å². The third-order valence-corrected chi connectivity index (χ3v) is 4.38. The predicted molar refractivity (Wildman–Crippen MR) is 87.3 cm³/mol. The molecule has 3 nitrogen and oxygen atoms in total. The summed E-state index contributed by atoms with van der Waals surface area (Å²) in [6.07, 6.45) is 5.75. The number of nitrogens with two attached hydrogens (primary N) is 1. The molecule has 0 bridgehead atoms. The summed E-state index contributed by atoms with van der Waals surface area (Å²) in [5.41, 5.74) is 10.1. The van der Waals surface area contributed by atoms with E-state index in [-0.39, 0.29) is 0 Å². The lowest BCUT2D eigenvalue weighted by Gasteiger charge is -2.30. The Morgan fingerprint density at radius 3 is 2.52 bits per heavy atom. The van der Waals surface area contributed by atoms with Gasteiger partial charge in [0.15, 0.2) is 0 Å². The summed E-state index contributed by atoms with van der Waals surface area (Å²) in [4.78, 5) is 4.70. The summed E-state index contributed by atoms with van der Waals surface area (Å²) in [7, 11) is 0. The van der Waals surface area contributed by atoms with Gasteiger partial charge in [-0.05, 0) is 37.2 Å². The molecule has 2 N–H and O–H groups in total. The van der Waals surface area contributed by atoms with Crippen LogP contribution in [0.15, 0.2) is 30.3 Å². The molecule has 3 rings (SSSR count). The van der Waals surface area contributed by atoms with Crippen molar-refractivity contribution in [2.75, 3.05) is 5.73 Å². The molecule has 3 heteroatoms. The highest BCUT2D eigenvalue weighted by Gasteiger charge is 2.26. The number of nitrogens with zero attached hydrogens (tertiary/aromatic N) is 2. The van der Waals surface area contributed by atoms with Gasteiger partial charge in [0.05, 0.1) is 5.69 Å². The second-order valence-electron chi connectivity index (χ2n) is 6.58. The lowest BCUT2D eigenvalue weighted by Crippen LogP contribution is -2.21. The van der Waals surface area contributed by atoms with Crippen molar-refractivity contribution in [3.63, 3.8) is 0 Å². The van der Waals surface area contributed by atoms with Gasteiger partial charge in [0.1, 0.15) is 0 Å². The molecule has 0 radical (unpaired) electrons. The van der Waals surface area contributed by atoms with Gasteiger partial charge in [0.2, 0.25) is 5.95 Å². The third kappa shape index (κ3) is 2.97. The second kappa shape index (κ2) is 5.92. The van der Waals surface area contributed by atoms with Crippen LogP contribution in [0.1, 0.15) is 56.1 Å². The molecule has 112 valence electrons. The number of hydrogen-bond donors (Lipinski definition) is 1. The maximum Gasteiger partial charge on any atom is 0.200 e. The molecule has 1 fully saturated rings. The van der Waals surface area contributed by atoms with E-state index in [2.05, 4.69) is 48.7 Å². The fraction of sp³-hybridized carbons (Fsp3) is 0.500. The van der Waals surface area contributed by atoms with Gasteiger partial charge in [-0.1, -0.05) is 44.2 Å². The van der Waals surface area contributed by atoms with Crippen LogP contribution in [0.4, 0.5) is 5.95 Å². The van der Waals surface area contributed by atoms with E-state index in [0.717, 1.165) is 12.8 Å². The topological polar surface area (TPSA) is 43.8 Å². The number of anilines is 1. The van der Waals surface area contributed by atoms with E-state index in [0.29, 0.717) is 17.9 Å². The molecule has 1 aromatic heterocycles. The first-order valence-corrected chi connectivity index (χ1v) is 8.04. The summed E-state index contributed by atoms with van der Waals surface area (Å²) < 4.78 is 2.32. The van der Waals surface area contributed by atoms with E-state index in [1.165, 1.54) is 36.2 Å². The molecule has 2 aromatic rings. The van der Waals surface area contributed by atoms with Crippen molar-refractivity contribution < 1.29 is 0 Å². The minimum Gasteiger partial charge on any atom is -0.369 e. The Kier molecular flexibility index (Phi) is 4.00. The predicted octanol–water partition coefficient (Wildman–Crippen LogP) is 3.98. The van der Waals surface area contributed by atoms with Crippen LogP contribution in [0.3, 0.4) is 0 Å². The summed E-state index contributed by atoms with van der Waals surface area (Å²) in [5.74, 6) is 1.33. The fourth-order valence-corrected chi connectivity index (χ4v) is 3.12. The van der Waals surface area contributed by atoms with E-state index < -0.39 is 0 Å². The molecule has 1 aromatic carbocycles. The zero-order valence-corrected chi connectivity index (χ0v) is 13.0. The van der Waals surface area contributed by atoms with Crippen molar-refractivity contribution in [1.82, 2.24) is 9.55 Å². The standard InChI is InChI=1S/C18H25N3/c1-13(2)11-17-16(12-14-7-4-3-5-8-14)20-18(19)21(17)15-9-6-10-15/h3-5,7-8,13,15H,6,9-12H2,1-2H3,(H2,19,20). The minimum atomic E-state index is 0.579. The lowest BCUT2D eigenvalue weighted by atomic mass is 9.91. The smallest absolute Gasteiger partial charge is 0.200 e. The Morgan fingerprint density at radius 2 is 1.95 bits per heavy atom. The highest BCUT2D eigenvalue weighted by Crippen LogP contribution is 2.36. The Balaban J connectivity index is 1.95. The molecule has 0 atom stereocenters. The molecule has 21 heavy (non-hydrogen) atoms. The van der Waals surface area contributed by atoms with Gasteiger partial charge in [-0.25, -0.2) is 4.98 Å². The highest BCUT2D eigenvalue weighted by atomic mass is 15.2. The zero-order valence-electron chi connectivity index (χ0n) is 13.0. The van der Waals surface area contributed by atoms with Gasteiger partial charge in [0.25, 0.3) is 0 Å². The van der Waals surface area contributed by atoms with Crippen LogP contribution in [0, 0.1) is 5.92 Å². The summed E-state index contributed by atoms with van der Waals surface area (Å²) in [5, 5.41) is 0. The molecule has 0 aliphatic heterocycles. The first kappa shape index (κ1) is 14.2. The molecule has 1 aliphatic rings. The van der Waals surface area contributed by atoms with Gasteiger partial charge in [-0.2, -0.15) is 0 Å². The minimum absolute atomic E-state index is 0.579. The fourth-order valence-electron chi connectivity index (χ4n) is 3.12. The normalized spacial score (nSPS) is 15.4. The van der Waals surface area contributed by atoms with Crippen LogP contribution >= 0.6 is 0 Å². The molecule has 1 aliphatic carbocycles. The van der Waals surface area contributed by atoms with Gasteiger partial charge in [-0.3, -0.25) is 0 Å². The molecule has 0 saturated heterocycles. The molecule has 0 amide bonds. The number of benzene rings is 1. The van der Waals surface area contributed by atoms with E-state index in [9.17, 15) is 0 Å². The quantitative estimate of drug-likeness (QED) is 0.902. The average Bonchev–Trinajstić information content (AvgIpc) is 2.66. The Hall–Kier alpha value is -1.77. The molecule has 1 saturated carbocycles. The summed E-state index contributed by atoms with van der Waals surface area (Å²) in [6.45, 7) is 4.53. The van der Waals surface area contributed by atoms with E-state index in [4.69, 9.17) is 10.7 Å². The average molecular weight is 283 g/mol. The second-order valence-corrected chi connectivity index (χ2v) is 6.58. The van der Waals surface area contributed by atoms with Crippen LogP contribution in [0.25, 0.3) is 0 Å². The van der Waals surface area contributed by atoms with Crippen molar-refractivity contribution in [3.8, 4) is 0 Å². The zero-order chi connectivity index (χ0) is 14.8. The van der Waals surface area contributed by atoms with Crippen molar-refractivity contribution in [2.45, 2.75) is 52.0 Å². The van der Waals surface area contributed by atoms with Crippen molar-refractivity contribution in [3.05, 3.63) is 47.3 Å². The summed E-state index contributed by atoms with van der Waals surface area (Å²) >= 11 is 0. The van der Waals surface area contributed by atoms with Crippen LogP contribution < -0.4 is 5.73 Å². The number of imidazole rings is 1. The van der Waals surface area contributed by atoms with Gasteiger partial charge >= 0.3 is 0 Å².